The normalized spacial score (nSPS) is 19.3. The molecule has 1 fully saturated rings. The van der Waals surface area contributed by atoms with Crippen LogP contribution in [0.25, 0.3) is 0 Å². The van der Waals surface area contributed by atoms with E-state index in [1.165, 1.54) is 12.4 Å². The average Bonchev–Trinajstić information content (AvgIpc) is 2.70. The van der Waals surface area contributed by atoms with Crippen molar-refractivity contribution in [3.63, 3.8) is 0 Å². The maximum absolute atomic E-state index is 12.1. The minimum Gasteiger partial charge on any atom is -0.379 e. The van der Waals surface area contributed by atoms with Crippen LogP contribution in [0.4, 0.5) is 0 Å². The quantitative estimate of drug-likeness (QED) is 0.659. The highest BCUT2D eigenvalue weighted by Gasteiger charge is 2.23. The Labute approximate surface area is 134 Å². The molecular formula is C13H20N4O5S. The molecule has 0 aromatic carbocycles. The van der Waals surface area contributed by atoms with E-state index in [1.807, 2.05) is 0 Å². The molecule has 1 atom stereocenters. The Balaban J connectivity index is 1.97. The van der Waals surface area contributed by atoms with Crippen molar-refractivity contribution in [2.45, 2.75) is 6.42 Å². The van der Waals surface area contributed by atoms with Gasteiger partial charge in [-0.05, 0) is 6.42 Å². The highest BCUT2D eigenvalue weighted by molar-refractivity contribution is 7.88. The molecule has 0 bridgehead atoms. The lowest BCUT2D eigenvalue weighted by molar-refractivity contribution is -0.130. The maximum Gasteiger partial charge on any atom is 0.250 e. The van der Waals surface area contributed by atoms with Crippen LogP contribution < -0.4 is 10.3 Å². The number of aromatic nitrogens is 2. The zero-order valence-electron chi connectivity index (χ0n) is 12.8. The van der Waals surface area contributed by atoms with E-state index in [9.17, 15) is 18.0 Å². The molecule has 0 unspecified atom stereocenters. The third-order valence-electron chi connectivity index (χ3n) is 3.41. The zero-order chi connectivity index (χ0) is 16.9. The standard InChI is InChI=1S/C13H20N4O5S/c1-23(20,21)16-6-13(19)17-2-3-22-8-10(7-17)4-11-5-12(18)15-9-14-11/h5,9-10,16H,2-4,6-8H2,1H3,(H,14,15,18)/t10-/m1/s1. The molecule has 0 radical (unpaired) electrons. The number of carbonyl (C=O) groups excluding carboxylic acids is 1. The highest BCUT2D eigenvalue weighted by Crippen LogP contribution is 2.12. The Kier molecular flexibility index (Phi) is 5.85. The van der Waals surface area contributed by atoms with Gasteiger partial charge in [-0.3, -0.25) is 9.59 Å². The molecule has 0 spiro atoms. The number of amides is 1. The molecule has 2 heterocycles. The van der Waals surface area contributed by atoms with Gasteiger partial charge in [0.25, 0.3) is 5.56 Å². The van der Waals surface area contributed by atoms with Crippen LogP contribution >= 0.6 is 0 Å². The Morgan fingerprint density at radius 2 is 2.35 bits per heavy atom. The Morgan fingerprint density at radius 1 is 1.57 bits per heavy atom. The van der Waals surface area contributed by atoms with Crippen molar-refractivity contribution in [2.75, 3.05) is 39.1 Å². The fraction of sp³-hybridized carbons (Fsp3) is 0.615. The molecule has 23 heavy (non-hydrogen) atoms. The van der Waals surface area contributed by atoms with Gasteiger partial charge in [-0.15, -0.1) is 0 Å². The van der Waals surface area contributed by atoms with Crippen molar-refractivity contribution in [1.29, 1.82) is 0 Å². The number of hydrogen-bond acceptors (Lipinski definition) is 6. The van der Waals surface area contributed by atoms with Crippen LogP contribution in [0, 0.1) is 5.92 Å². The summed E-state index contributed by atoms with van der Waals surface area (Å²) < 4.78 is 29.8. The first kappa shape index (κ1) is 17.6. The van der Waals surface area contributed by atoms with E-state index < -0.39 is 10.0 Å². The first-order chi connectivity index (χ1) is 10.8. The van der Waals surface area contributed by atoms with Gasteiger partial charge in [0.2, 0.25) is 15.9 Å². The van der Waals surface area contributed by atoms with Crippen LogP contribution in [-0.4, -0.2) is 68.3 Å². The summed E-state index contributed by atoms with van der Waals surface area (Å²) >= 11 is 0. The number of ether oxygens (including phenoxy) is 1. The molecular weight excluding hydrogens is 324 g/mol. The number of nitrogens with one attached hydrogen (secondary N) is 2. The minimum atomic E-state index is -3.41. The van der Waals surface area contributed by atoms with Crippen molar-refractivity contribution < 1.29 is 17.9 Å². The van der Waals surface area contributed by atoms with Crippen molar-refractivity contribution in [3.8, 4) is 0 Å². The SMILES string of the molecule is CS(=O)(=O)NCC(=O)N1CCOC[C@H](Cc2cc(=O)[nH]cn2)C1. The lowest BCUT2D eigenvalue weighted by atomic mass is 10.0. The van der Waals surface area contributed by atoms with Gasteiger partial charge in [-0.1, -0.05) is 0 Å². The summed E-state index contributed by atoms with van der Waals surface area (Å²) in [7, 11) is -3.41. The fourth-order valence-electron chi connectivity index (χ4n) is 2.35. The highest BCUT2D eigenvalue weighted by atomic mass is 32.2. The maximum atomic E-state index is 12.1. The molecule has 1 aromatic rings. The number of carbonyl (C=O) groups is 1. The first-order valence-corrected chi connectivity index (χ1v) is 9.06. The summed E-state index contributed by atoms with van der Waals surface area (Å²) in [5, 5.41) is 0. The zero-order valence-corrected chi connectivity index (χ0v) is 13.6. The summed E-state index contributed by atoms with van der Waals surface area (Å²) in [5.74, 6) is -0.307. The van der Waals surface area contributed by atoms with Gasteiger partial charge >= 0.3 is 0 Å². The molecule has 1 amide bonds. The summed E-state index contributed by atoms with van der Waals surface area (Å²) in [5.41, 5.74) is 0.403. The number of sulfonamides is 1. The Morgan fingerprint density at radius 3 is 3.04 bits per heavy atom. The van der Waals surface area contributed by atoms with E-state index in [0.29, 0.717) is 38.4 Å². The lowest BCUT2D eigenvalue weighted by Gasteiger charge is -2.23. The van der Waals surface area contributed by atoms with Crippen LogP contribution in [0.2, 0.25) is 0 Å². The first-order valence-electron chi connectivity index (χ1n) is 7.17. The number of hydrogen-bond donors (Lipinski definition) is 2. The van der Waals surface area contributed by atoms with Crippen LogP contribution in [0.1, 0.15) is 5.69 Å². The molecule has 0 saturated carbocycles. The van der Waals surface area contributed by atoms with Crippen molar-refractivity contribution in [1.82, 2.24) is 19.6 Å². The van der Waals surface area contributed by atoms with E-state index in [2.05, 4.69) is 14.7 Å². The van der Waals surface area contributed by atoms with Gasteiger partial charge in [0.15, 0.2) is 0 Å². The van der Waals surface area contributed by atoms with E-state index >= 15 is 0 Å². The molecule has 2 N–H and O–H groups in total. The van der Waals surface area contributed by atoms with Gasteiger partial charge in [-0.2, -0.15) is 0 Å². The van der Waals surface area contributed by atoms with Crippen LogP contribution in [0.3, 0.4) is 0 Å². The van der Waals surface area contributed by atoms with Crippen molar-refractivity contribution in [3.05, 3.63) is 28.4 Å². The van der Waals surface area contributed by atoms with Crippen LogP contribution in [-0.2, 0) is 26.0 Å². The minimum absolute atomic E-state index is 0.00557. The Bertz CT molecular complexity index is 702. The molecule has 1 aliphatic rings. The van der Waals surface area contributed by atoms with Gasteiger partial charge in [0, 0.05) is 30.8 Å². The van der Waals surface area contributed by atoms with E-state index in [1.54, 1.807) is 4.90 Å². The lowest BCUT2D eigenvalue weighted by Crippen LogP contribution is -2.42. The fourth-order valence-corrected chi connectivity index (χ4v) is 2.74. The second kappa shape index (κ2) is 7.66. The van der Waals surface area contributed by atoms with E-state index in [0.717, 1.165) is 6.26 Å². The predicted octanol–water partition coefficient (Wildman–Crippen LogP) is -1.66. The average molecular weight is 344 g/mol. The third kappa shape index (κ3) is 6.08. The number of H-pyrrole nitrogens is 1. The largest absolute Gasteiger partial charge is 0.379 e. The van der Waals surface area contributed by atoms with E-state index in [4.69, 9.17) is 4.74 Å². The smallest absolute Gasteiger partial charge is 0.250 e. The summed E-state index contributed by atoms with van der Waals surface area (Å²) in [6.07, 6.45) is 2.86. The second-order valence-electron chi connectivity index (χ2n) is 5.48. The van der Waals surface area contributed by atoms with E-state index in [-0.39, 0.29) is 23.9 Å². The van der Waals surface area contributed by atoms with Gasteiger partial charge in [0.1, 0.15) is 0 Å². The molecule has 2 rings (SSSR count). The molecule has 10 heteroatoms. The van der Waals surface area contributed by atoms with Crippen LogP contribution in [0.15, 0.2) is 17.2 Å². The summed E-state index contributed by atoms with van der Waals surface area (Å²) in [6.45, 7) is 1.42. The van der Waals surface area contributed by atoms with Crippen LogP contribution in [0.5, 0.6) is 0 Å². The number of rotatable bonds is 5. The van der Waals surface area contributed by atoms with Crippen molar-refractivity contribution >= 4 is 15.9 Å². The second-order valence-corrected chi connectivity index (χ2v) is 7.31. The predicted molar refractivity (Wildman–Crippen MR) is 82.3 cm³/mol. The number of nitrogens with zero attached hydrogens (tertiary/aromatic N) is 2. The monoisotopic (exact) mass is 344 g/mol. The van der Waals surface area contributed by atoms with Gasteiger partial charge in [0.05, 0.1) is 32.3 Å². The van der Waals surface area contributed by atoms with Gasteiger partial charge in [-0.25, -0.2) is 18.1 Å². The molecule has 9 nitrogen and oxygen atoms in total. The van der Waals surface area contributed by atoms with Crippen molar-refractivity contribution in [2.24, 2.45) is 5.92 Å². The molecule has 1 saturated heterocycles. The van der Waals surface area contributed by atoms with Gasteiger partial charge < -0.3 is 14.6 Å². The number of aromatic amines is 1. The Hall–Kier alpha value is -1.78. The summed E-state index contributed by atoms with van der Waals surface area (Å²) in [4.78, 5) is 31.5. The third-order valence-corrected chi connectivity index (χ3v) is 4.08. The molecule has 128 valence electrons. The molecule has 0 aliphatic carbocycles. The topological polar surface area (TPSA) is 121 Å². The molecule has 1 aromatic heterocycles. The summed E-state index contributed by atoms with van der Waals surface area (Å²) in [6, 6.07) is 1.42. The molecule has 1 aliphatic heterocycles.